The van der Waals surface area contributed by atoms with Gasteiger partial charge in [-0.1, -0.05) is 51.7 Å². The van der Waals surface area contributed by atoms with E-state index in [1.54, 1.807) is 0 Å². The predicted molar refractivity (Wildman–Crippen MR) is 109 cm³/mol. The van der Waals surface area contributed by atoms with Crippen LogP contribution in [0.5, 0.6) is 5.75 Å². The molecule has 136 valence electrons. The first-order valence-corrected chi connectivity index (χ1v) is 14.0. The zero-order valence-corrected chi connectivity index (χ0v) is 17.9. The van der Waals surface area contributed by atoms with Crippen molar-refractivity contribution in [2.75, 3.05) is 6.61 Å². The van der Waals surface area contributed by atoms with Gasteiger partial charge in [-0.3, -0.25) is 0 Å². The molecule has 0 radical (unpaired) electrons. The summed E-state index contributed by atoms with van der Waals surface area (Å²) in [6.07, 6.45) is 10.1. The molecule has 24 heavy (non-hydrogen) atoms. The second-order valence-electron chi connectivity index (χ2n) is 7.20. The Kier molecular flexibility index (Phi) is 9.00. The summed E-state index contributed by atoms with van der Waals surface area (Å²) in [5, 5.41) is 0. The molecule has 1 unspecified atom stereocenters. The van der Waals surface area contributed by atoms with Crippen molar-refractivity contribution in [1.29, 1.82) is 0 Å². The van der Waals surface area contributed by atoms with Gasteiger partial charge in [0.25, 0.3) is 0 Å². The summed E-state index contributed by atoms with van der Waals surface area (Å²) >= 11 is 11.9. The van der Waals surface area contributed by atoms with Gasteiger partial charge in [-0.25, -0.2) is 0 Å². The van der Waals surface area contributed by atoms with Gasteiger partial charge in [0, 0.05) is 0 Å². The molecule has 0 amide bonds. The van der Waals surface area contributed by atoms with E-state index in [1.165, 1.54) is 56.1 Å². The van der Waals surface area contributed by atoms with Gasteiger partial charge < -0.3 is 4.74 Å². The van der Waals surface area contributed by atoms with Gasteiger partial charge in [-0.05, 0) is 60.8 Å². The van der Waals surface area contributed by atoms with E-state index in [0.717, 1.165) is 24.8 Å². The molecule has 0 aromatic heterocycles. The Labute approximate surface area is 159 Å². The molecule has 1 saturated carbocycles. The largest absolute Gasteiger partial charge is 0.493 e. The lowest BCUT2D eigenvalue weighted by Gasteiger charge is -2.26. The molecule has 2 rings (SSSR count). The summed E-state index contributed by atoms with van der Waals surface area (Å²) in [6.45, 7) is 5.34. The Morgan fingerprint density at radius 3 is 2.62 bits per heavy atom. The quantitative estimate of drug-likeness (QED) is 0.249. The van der Waals surface area contributed by atoms with Crippen LogP contribution in [0.1, 0.15) is 88.2 Å². The second kappa shape index (κ2) is 10.7. The summed E-state index contributed by atoms with van der Waals surface area (Å²) in [5.74, 6) is 2.40. The summed E-state index contributed by atoms with van der Waals surface area (Å²) in [6, 6.07) is 7.84. The van der Waals surface area contributed by atoms with Crippen molar-refractivity contribution in [2.45, 2.75) is 83.1 Å². The Hall–Kier alpha value is -0.183. The Morgan fingerprint density at radius 2 is 1.96 bits per heavy atom. The van der Waals surface area contributed by atoms with Crippen molar-refractivity contribution in [1.82, 2.24) is 0 Å². The number of benzene rings is 1. The van der Waals surface area contributed by atoms with E-state index >= 15 is 0 Å². The molecular weight excluding hydrogens is 355 g/mol. The number of ether oxygens (including phenoxy) is 1. The normalized spacial score (nSPS) is 17.2. The molecule has 0 heterocycles. The SMILES string of the molecule is CCCC(C)c1ccc(OCCC[SiH](Cl)Cl)c(C2CCCCC2)c1. The minimum atomic E-state index is -1.50. The summed E-state index contributed by atoms with van der Waals surface area (Å²) in [5.41, 5.74) is 2.92. The fourth-order valence-electron chi connectivity index (χ4n) is 3.76. The third-order valence-electron chi connectivity index (χ3n) is 5.19. The third kappa shape index (κ3) is 6.27. The monoisotopic (exact) mass is 386 g/mol. The maximum atomic E-state index is 6.14. The lowest BCUT2D eigenvalue weighted by atomic mass is 9.82. The highest BCUT2D eigenvalue weighted by Crippen LogP contribution is 2.39. The molecule has 1 atom stereocenters. The van der Waals surface area contributed by atoms with E-state index in [2.05, 4.69) is 32.0 Å². The maximum Gasteiger partial charge on any atom is 0.237 e. The van der Waals surface area contributed by atoms with Gasteiger partial charge in [0.1, 0.15) is 5.75 Å². The molecular formula is C20H32Cl2OSi. The Bertz CT molecular complexity index is 487. The van der Waals surface area contributed by atoms with Crippen molar-refractivity contribution < 1.29 is 4.74 Å². The highest BCUT2D eigenvalue weighted by atomic mass is 35.7. The van der Waals surface area contributed by atoms with E-state index in [0.29, 0.717) is 11.8 Å². The molecule has 1 aliphatic rings. The molecule has 4 heteroatoms. The van der Waals surface area contributed by atoms with Gasteiger partial charge in [-0.2, -0.15) is 22.2 Å². The van der Waals surface area contributed by atoms with Gasteiger partial charge in [0.2, 0.25) is 7.42 Å². The van der Waals surface area contributed by atoms with Crippen LogP contribution in [0.2, 0.25) is 6.04 Å². The maximum absolute atomic E-state index is 6.14. The van der Waals surface area contributed by atoms with Crippen molar-refractivity contribution in [2.24, 2.45) is 0 Å². The standard InChI is InChI=1S/C20H32Cl2OSi/c1-3-8-16(2)18-11-12-20(23-13-7-14-24(21)22)19(15-18)17-9-5-4-6-10-17/h11-12,15-17,24H,3-10,13-14H2,1-2H3. The summed E-state index contributed by atoms with van der Waals surface area (Å²) in [4.78, 5) is 0. The van der Waals surface area contributed by atoms with Crippen molar-refractivity contribution >= 4 is 29.6 Å². The van der Waals surface area contributed by atoms with Crippen LogP contribution in [-0.2, 0) is 0 Å². The average molecular weight is 387 g/mol. The molecule has 0 saturated heterocycles. The van der Waals surface area contributed by atoms with E-state index in [4.69, 9.17) is 26.9 Å². The summed E-state index contributed by atoms with van der Waals surface area (Å²) in [7, 11) is -1.50. The highest BCUT2D eigenvalue weighted by Gasteiger charge is 2.21. The van der Waals surface area contributed by atoms with Crippen LogP contribution < -0.4 is 4.74 Å². The van der Waals surface area contributed by atoms with Crippen LogP contribution in [0.25, 0.3) is 0 Å². The van der Waals surface area contributed by atoms with Crippen LogP contribution in [-0.4, -0.2) is 14.0 Å². The van der Waals surface area contributed by atoms with Crippen LogP contribution in [0.4, 0.5) is 0 Å². The van der Waals surface area contributed by atoms with E-state index < -0.39 is 7.42 Å². The smallest absolute Gasteiger partial charge is 0.237 e. The molecule has 0 N–H and O–H groups in total. The first-order valence-electron chi connectivity index (χ1n) is 9.66. The minimum absolute atomic E-state index is 0.630. The summed E-state index contributed by atoms with van der Waals surface area (Å²) < 4.78 is 6.14. The molecule has 1 aliphatic carbocycles. The molecule has 1 aromatic carbocycles. The van der Waals surface area contributed by atoms with Crippen molar-refractivity contribution in [3.63, 3.8) is 0 Å². The minimum Gasteiger partial charge on any atom is -0.493 e. The van der Waals surface area contributed by atoms with Crippen LogP contribution >= 0.6 is 22.2 Å². The Morgan fingerprint density at radius 1 is 1.21 bits per heavy atom. The first kappa shape index (κ1) is 20.1. The van der Waals surface area contributed by atoms with Gasteiger partial charge >= 0.3 is 0 Å². The fraction of sp³-hybridized carbons (Fsp3) is 0.700. The molecule has 0 bridgehead atoms. The first-order chi connectivity index (χ1) is 11.6. The number of hydrogen-bond acceptors (Lipinski definition) is 1. The molecule has 1 fully saturated rings. The van der Waals surface area contributed by atoms with E-state index in [-0.39, 0.29) is 0 Å². The van der Waals surface area contributed by atoms with Crippen molar-refractivity contribution in [3.8, 4) is 5.75 Å². The lowest BCUT2D eigenvalue weighted by molar-refractivity contribution is 0.307. The third-order valence-corrected chi connectivity index (χ3v) is 7.35. The molecule has 1 aromatic rings. The van der Waals surface area contributed by atoms with Gasteiger partial charge in [0.15, 0.2) is 0 Å². The highest BCUT2D eigenvalue weighted by molar-refractivity contribution is 7.33. The van der Waals surface area contributed by atoms with Gasteiger partial charge in [0.05, 0.1) is 6.61 Å². The zero-order chi connectivity index (χ0) is 17.4. The lowest BCUT2D eigenvalue weighted by Crippen LogP contribution is -2.09. The van der Waals surface area contributed by atoms with Crippen LogP contribution in [0.15, 0.2) is 18.2 Å². The fourth-order valence-corrected chi connectivity index (χ4v) is 5.16. The van der Waals surface area contributed by atoms with E-state index in [9.17, 15) is 0 Å². The predicted octanol–water partition coefficient (Wildman–Crippen LogP) is 7.10. The Balaban J connectivity index is 2.11. The van der Waals surface area contributed by atoms with Crippen molar-refractivity contribution in [3.05, 3.63) is 29.3 Å². The van der Waals surface area contributed by atoms with Crippen LogP contribution in [0.3, 0.4) is 0 Å². The zero-order valence-electron chi connectivity index (χ0n) is 15.2. The number of halogens is 2. The van der Waals surface area contributed by atoms with E-state index in [1.807, 2.05) is 0 Å². The van der Waals surface area contributed by atoms with Crippen LogP contribution in [0, 0.1) is 0 Å². The molecule has 0 aliphatic heterocycles. The number of rotatable bonds is 9. The number of hydrogen-bond donors (Lipinski definition) is 0. The molecule has 0 spiro atoms. The van der Waals surface area contributed by atoms with Gasteiger partial charge in [-0.15, -0.1) is 0 Å². The molecule has 1 nitrogen and oxygen atoms in total. The topological polar surface area (TPSA) is 9.23 Å². The average Bonchev–Trinajstić information content (AvgIpc) is 2.59. The second-order valence-corrected chi connectivity index (χ2v) is 12.4.